The molecule has 0 aliphatic carbocycles. The number of benzene rings is 1. The van der Waals surface area contributed by atoms with Crippen molar-refractivity contribution in [2.75, 3.05) is 5.75 Å². The van der Waals surface area contributed by atoms with E-state index in [-0.39, 0.29) is 11.5 Å². The summed E-state index contributed by atoms with van der Waals surface area (Å²) in [5, 5.41) is 1.58. The van der Waals surface area contributed by atoms with Crippen molar-refractivity contribution >= 4 is 32.3 Å². The van der Waals surface area contributed by atoms with Crippen molar-refractivity contribution in [1.29, 1.82) is 0 Å². The molecule has 16 heavy (non-hydrogen) atoms. The minimum atomic E-state index is -2.93. The van der Waals surface area contributed by atoms with Gasteiger partial charge in [-0.1, -0.05) is 23.7 Å². The Labute approximate surface area is 98.3 Å². The first-order valence-electron chi connectivity index (χ1n) is 5.05. The standard InChI is InChI=1S/C11H10ClNO2S/c12-9-3-1-2-7-8-6-16(14,15)5-4-10(8)13-11(7)9/h1-3,13H,4-6H2. The van der Waals surface area contributed by atoms with E-state index in [2.05, 4.69) is 4.98 Å². The van der Waals surface area contributed by atoms with Gasteiger partial charge in [-0.25, -0.2) is 8.42 Å². The van der Waals surface area contributed by atoms with Crippen LogP contribution in [0.2, 0.25) is 5.02 Å². The van der Waals surface area contributed by atoms with Crippen molar-refractivity contribution in [3.05, 3.63) is 34.5 Å². The van der Waals surface area contributed by atoms with E-state index in [1.165, 1.54) is 0 Å². The summed E-state index contributed by atoms with van der Waals surface area (Å²) in [6.45, 7) is 0. The number of aryl methyl sites for hydroxylation is 1. The SMILES string of the molecule is O=S1(=O)CCc2[nH]c3c(Cl)cccc3c2C1. The monoisotopic (exact) mass is 255 g/mol. The summed E-state index contributed by atoms with van der Waals surface area (Å²) < 4.78 is 23.2. The molecule has 1 aromatic carbocycles. The van der Waals surface area contributed by atoms with Crippen LogP contribution in [-0.4, -0.2) is 19.2 Å². The molecule has 1 aliphatic heterocycles. The fourth-order valence-corrected chi connectivity index (χ4v) is 3.87. The highest BCUT2D eigenvalue weighted by Crippen LogP contribution is 2.32. The number of H-pyrrole nitrogens is 1. The number of para-hydroxylation sites is 1. The first-order valence-corrected chi connectivity index (χ1v) is 7.25. The molecule has 0 saturated carbocycles. The number of aromatic amines is 1. The van der Waals surface area contributed by atoms with Crippen LogP contribution in [-0.2, 0) is 22.0 Å². The fourth-order valence-electron chi connectivity index (χ4n) is 2.22. The molecular formula is C11H10ClNO2S. The second kappa shape index (κ2) is 3.25. The van der Waals surface area contributed by atoms with E-state index in [0.29, 0.717) is 11.4 Å². The highest BCUT2D eigenvalue weighted by molar-refractivity contribution is 7.90. The lowest BCUT2D eigenvalue weighted by molar-refractivity contribution is 0.591. The predicted octanol–water partition coefficient (Wildman–Crippen LogP) is 2.29. The van der Waals surface area contributed by atoms with Crippen LogP contribution in [0.1, 0.15) is 11.3 Å². The molecule has 0 amide bonds. The third-order valence-electron chi connectivity index (χ3n) is 3.01. The van der Waals surface area contributed by atoms with Crippen LogP contribution in [0.5, 0.6) is 0 Å². The van der Waals surface area contributed by atoms with Gasteiger partial charge in [0.25, 0.3) is 0 Å². The number of rotatable bonds is 0. The maximum atomic E-state index is 11.6. The topological polar surface area (TPSA) is 49.9 Å². The second-order valence-corrected chi connectivity index (χ2v) is 6.68. The number of hydrogen-bond acceptors (Lipinski definition) is 2. The average Bonchev–Trinajstić information content (AvgIpc) is 2.57. The van der Waals surface area contributed by atoms with E-state index in [0.717, 1.165) is 22.2 Å². The number of nitrogens with one attached hydrogen (secondary N) is 1. The van der Waals surface area contributed by atoms with Gasteiger partial charge in [0.2, 0.25) is 0 Å². The number of aromatic nitrogens is 1. The van der Waals surface area contributed by atoms with Gasteiger partial charge in [0.05, 0.1) is 22.0 Å². The summed E-state index contributed by atoms with van der Waals surface area (Å²) in [6.07, 6.45) is 0.558. The van der Waals surface area contributed by atoms with Gasteiger partial charge in [-0.05, 0) is 11.6 Å². The van der Waals surface area contributed by atoms with Crippen molar-refractivity contribution < 1.29 is 8.42 Å². The quantitative estimate of drug-likeness (QED) is 0.785. The highest BCUT2D eigenvalue weighted by Gasteiger charge is 2.25. The maximum Gasteiger partial charge on any atom is 0.154 e. The molecule has 84 valence electrons. The highest BCUT2D eigenvalue weighted by atomic mass is 35.5. The average molecular weight is 256 g/mol. The van der Waals surface area contributed by atoms with E-state index in [1.54, 1.807) is 6.07 Å². The Morgan fingerprint density at radius 1 is 1.31 bits per heavy atom. The van der Waals surface area contributed by atoms with Crippen LogP contribution in [0.3, 0.4) is 0 Å². The van der Waals surface area contributed by atoms with Gasteiger partial charge in [-0.2, -0.15) is 0 Å². The number of hydrogen-bond donors (Lipinski definition) is 1. The predicted molar refractivity (Wildman–Crippen MR) is 64.5 cm³/mol. The smallest absolute Gasteiger partial charge is 0.154 e. The number of sulfone groups is 1. The zero-order valence-electron chi connectivity index (χ0n) is 8.46. The van der Waals surface area contributed by atoms with Crippen molar-refractivity contribution in [3.63, 3.8) is 0 Å². The Kier molecular flexibility index (Phi) is 2.06. The summed E-state index contributed by atoms with van der Waals surface area (Å²) >= 11 is 6.07. The molecule has 1 N–H and O–H groups in total. The molecule has 5 heteroatoms. The third kappa shape index (κ3) is 1.44. The van der Waals surface area contributed by atoms with Gasteiger partial charge in [-0.3, -0.25) is 0 Å². The molecule has 2 heterocycles. The zero-order chi connectivity index (χ0) is 11.3. The minimum Gasteiger partial charge on any atom is -0.357 e. The molecule has 0 unspecified atom stereocenters. The Morgan fingerprint density at radius 3 is 2.94 bits per heavy atom. The third-order valence-corrected chi connectivity index (χ3v) is 4.88. The van der Waals surface area contributed by atoms with E-state index >= 15 is 0 Å². The van der Waals surface area contributed by atoms with Crippen LogP contribution in [0.15, 0.2) is 18.2 Å². The Hall–Kier alpha value is -1.00. The lowest BCUT2D eigenvalue weighted by atomic mass is 10.1. The molecule has 2 aromatic rings. The Bertz CT molecular complexity index is 673. The lowest BCUT2D eigenvalue weighted by Crippen LogP contribution is -2.18. The van der Waals surface area contributed by atoms with Gasteiger partial charge >= 0.3 is 0 Å². The summed E-state index contributed by atoms with van der Waals surface area (Å²) in [7, 11) is -2.93. The minimum absolute atomic E-state index is 0.128. The second-order valence-electron chi connectivity index (χ2n) is 4.09. The van der Waals surface area contributed by atoms with Gasteiger partial charge < -0.3 is 4.98 Å². The first-order chi connectivity index (χ1) is 7.57. The normalized spacial score (nSPS) is 18.6. The molecule has 0 spiro atoms. The van der Waals surface area contributed by atoms with E-state index in [4.69, 9.17) is 11.6 Å². The molecule has 0 bridgehead atoms. The van der Waals surface area contributed by atoms with E-state index in [1.807, 2.05) is 12.1 Å². The van der Waals surface area contributed by atoms with Crippen molar-refractivity contribution in [2.24, 2.45) is 0 Å². The Morgan fingerprint density at radius 2 is 2.12 bits per heavy atom. The van der Waals surface area contributed by atoms with Crippen LogP contribution in [0, 0.1) is 0 Å². The first kappa shape index (κ1) is 10.2. The molecule has 0 atom stereocenters. The van der Waals surface area contributed by atoms with E-state index in [9.17, 15) is 8.42 Å². The van der Waals surface area contributed by atoms with Crippen molar-refractivity contribution in [1.82, 2.24) is 4.98 Å². The maximum absolute atomic E-state index is 11.6. The van der Waals surface area contributed by atoms with Crippen LogP contribution >= 0.6 is 11.6 Å². The fraction of sp³-hybridized carbons (Fsp3) is 0.273. The van der Waals surface area contributed by atoms with E-state index < -0.39 is 9.84 Å². The van der Waals surface area contributed by atoms with Crippen molar-refractivity contribution in [2.45, 2.75) is 12.2 Å². The summed E-state index contributed by atoms with van der Waals surface area (Å²) in [5.41, 5.74) is 2.76. The molecule has 0 saturated heterocycles. The summed E-state index contributed by atoms with van der Waals surface area (Å²) in [4.78, 5) is 3.23. The molecule has 3 rings (SSSR count). The molecule has 3 nitrogen and oxygen atoms in total. The number of halogens is 1. The summed E-state index contributed by atoms with van der Waals surface area (Å²) in [5.74, 6) is 0.354. The molecular weight excluding hydrogens is 246 g/mol. The Balaban J connectivity index is 2.34. The number of fused-ring (bicyclic) bond motifs is 3. The van der Waals surface area contributed by atoms with Gasteiger partial charge in [-0.15, -0.1) is 0 Å². The largest absolute Gasteiger partial charge is 0.357 e. The van der Waals surface area contributed by atoms with Crippen LogP contribution in [0.25, 0.3) is 10.9 Å². The van der Waals surface area contributed by atoms with Gasteiger partial charge in [0.1, 0.15) is 0 Å². The summed E-state index contributed by atoms with van der Waals surface area (Å²) in [6, 6.07) is 5.57. The van der Waals surface area contributed by atoms with Gasteiger partial charge in [0.15, 0.2) is 9.84 Å². The molecule has 1 aliphatic rings. The molecule has 0 radical (unpaired) electrons. The van der Waals surface area contributed by atoms with Crippen LogP contribution in [0.4, 0.5) is 0 Å². The van der Waals surface area contributed by atoms with Crippen LogP contribution < -0.4 is 0 Å². The zero-order valence-corrected chi connectivity index (χ0v) is 10.0. The lowest BCUT2D eigenvalue weighted by Gasteiger charge is -2.11. The molecule has 0 fully saturated rings. The van der Waals surface area contributed by atoms with Crippen molar-refractivity contribution in [3.8, 4) is 0 Å². The molecule has 1 aromatic heterocycles. The van der Waals surface area contributed by atoms with Gasteiger partial charge in [0, 0.05) is 17.5 Å².